The summed E-state index contributed by atoms with van der Waals surface area (Å²) < 4.78 is 25.6. The number of hydrogen-bond acceptors (Lipinski definition) is 7. The van der Waals surface area contributed by atoms with Crippen LogP contribution in [0.25, 0.3) is 11.0 Å². The van der Waals surface area contributed by atoms with E-state index in [2.05, 4.69) is 25.0 Å². The molecule has 0 spiro atoms. The van der Waals surface area contributed by atoms with Crippen molar-refractivity contribution in [3.05, 3.63) is 48.2 Å². The van der Waals surface area contributed by atoms with Crippen molar-refractivity contribution >= 4 is 38.3 Å². The summed E-state index contributed by atoms with van der Waals surface area (Å²) in [4.78, 5) is 22.4. The van der Waals surface area contributed by atoms with Gasteiger partial charge in [0, 0.05) is 68.8 Å². The molecule has 1 saturated carbocycles. The Hall–Kier alpha value is -3.11. The molecule has 10 heteroatoms. The van der Waals surface area contributed by atoms with E-state index in [1.807, 2.05) is 37.5 Å². The van der Waals surface area contributed by atoms with Crippen LogP contribution in [0.3, 0.4) is 0 Å². The van der Waals surface area contributed by atoms with Gasteiger partial charge in [-0.1, -0.05) is 0 Å². The van der Waals surface area contributed by atoms with Gasteiger partial charge in [0.1, 0.15) is 11.5 Å². The molecule has 5 rings (SSSR count). The third kappa shape index (κ3) is 4.48. The van der Waals surface area contributed by atoms with E-state index in [4.69, 9.17) is 4.98 Å². The van der Waals surface area contributed by atoms with E-state index in [0.29, 0.717) is 22.5 Å². The second-order valence-electron chi connectivity index (χ2n) is 9.42. The SMILES string of the molecule is CNC(=O)c1cn([C@H]2C[C@@H](NC)C2)c2nc(N3CCN(c4ccc(S(C)(=O)=O)cc4)CC3)ccc12. The number of aromatic nitrogens is 2. The van der Waals surface area contributed by atoms with Gasteiger partial charge in [0.05, 0.1) is 10.5 Å². The fourth-order valence-electron chi connectivity index (χ4n) is 5.03. The minimum Gasteiger partial charge on any atom is -0.368 e. The highest BCUT2D eigenvalue weighted by Gasteiger charge is 2.32. The molecule has 1 aliphatic heterocycles. The van der Waals surface area contributed by atoms with Crippen LogP contribution in [0.15, 0.2) is 47.5 Å². The molecule has 0 bridgehead atoms. The molecule has 3 aromatic rings. The van der Waals surface area contributed by atoms with Gasteiger partial charge in [-0.25, -0.2) is 13.4 Å². The van der Waals surface area contributed by atoms with Crippen molar-refractivity contribution in [3.8, 4) is 0 Å². The summed E-state index contributed by atoms with van der Waals surface area (Å²) in [7, 11) is 0.445. The fraction of sp³-hybridized carbons (Fsp3) is 0.440. The Balaban J connectivity index is 1.35. The summed E-state index contributed by atoms with van der Waals surface area (Å²) >= 11 is 0. The quantitative estimate of drug-likeness (QED) is 0.539. The van der Waals surface area contributed by atoms with Gasteiger partial charge in [0.15, 0.2) is 9.84 Å². The number of anilines is 2. The average Bonchev–Trinajstić information content (AvgIpc) is 3.21. The van der Waals surface area contributed by atoms with Crippen LogP contribution in [-0.4, -0.2) is 76.4 Å². The number of benzene rings is 1. The lowest BCUT2D eigenvalue weighted by Gasteiger charge is -2.37. The number of pyridine rings is 1. The zero-order chi connectivity index (χ0) is 24.7. The summed E-state index contributed by atoms with van der Waals surface area (Å²) in [6.45, 7) is 3.24. The summed E-state index contributed by atoms with van der Waals surface area (Å²) in [5.74, 6) is 0.820. The normalized spacial score (nSPS) is 20.7. The standard InChI is InChI=1S/C25H32N6O3S/c1-26-17-14-19(15-17)31-16-22(25(32)27-2)21-8-9-23(28-24(21)31)30-12-10-29(11-13-30)18-4-6-20(7-5-18)35(3,33)34/h4-9,16-17,19,26H,10-15H2,1-3H3,(H,27,32)/t17-,19+. The number of carbonyl (C=O) groups is 1. The zero-order valence-electron chi connectivity index (χ0n) is 20.4. The summed E-state index contributed by atoms with van der Waals surface area (Å²) in [6, 6.07) is 12.0. The van der Waals surface area contributed by atoms with Crippen molar-refractivity contribution in [2.24, 2.45) is 0 Å². The van der Waals surface area contributed by atoms with Gasteiger partial charge >= 0.3 is 0 Å². The molecule has 0 unspecified atom stereocenters. The van der Waals surface area contributed by atoms with E-state index in [-0.39, 0.29) is 5.91 Å². The second kappa shape index (κ2) is 9.16. The van der Waals surface area contributed by atoms with Gasteiger partial charge < -0.3 is 25.0 Å². The molecule has 0 atom stereocenters. The first-order valence-corrected chi connectivity index (χ1v) is 13.9. The highest BCUT2D eigenvalue weighted by atomic mass is 32.2. The van der Waals surface area contributed by atoms with Crippen LogP contribution in [0, 0.1) is 0 Å². The van der Waals surface area contributed by atoms with Crippen molar-refractivity contribution in [1.82, 2.24) is 20.2 Å². The van der Waals surface area contributed by atoms with E-state index in [0.717, 1.165) is 61.6 Å². The molecule has 1 saturated heterocycles. The first kappa shape index (κ1) is 23.6. The van der Waals surface area contributed by atoms with Crippen molar-refractivity contribution in [2.45, 2.75) is 29.8 Å². The minimum atomic E-state index is -3.20. The maximum absolute atomic E-state index is 12.5. The molecular formula is C25H32N6O3S. The number of sulfone groups is 1. The maximum atomic E-state index is 12.5. The second-order valence-corrected chi connectivity index (χ2v) is 11.4. The van der Waals surface area contributed by atoms with Gasteiger partial charge in [0.25, 0.3) is 5.91 Å². The average molecular weight is 497 g/mol. The van der Waals surface area contributed by atoms with Gasteiger partial charge in [-0.3, -0.25) is 4.79 Å². The number of piperazine rings is 1. The summed E-state index contributed by atoms with van der Waals surface area (Å²) in [6.07, 6.45) is 5.23. The number of carbonyl (C=O) groups excluding carboxylic acids is 1. The van der Waals surface area contributed by atoms with E-state index in [9.17, 15) is 13.2 Å². The number of rotatable bonds is 6. The third-order valence-electron chi connectivity index (χ3n) is 7.28. The van der Waals surface area contributed by atoms with Crippen molar-refractivity contribution in [1.29, 1.82) is 0 Å². The van der Waals surface area contributed by atoms with Crippen LogP contribution in [-0.2, 0) is 9.84 Å². The van der Waals surface area contributed by atoms with E-state index < -0.39 is 9.84 Å². The van der Waals surface area contributed by atoms with Crippen LogP contribution in [0.4, 0.5) is 11.5 Å². The Bertz CT molecular complexity index is 1340. The highest BCUT2D eigenvalue weighted by Crippen LogP contribution is 2.36. The number of fused-ring (bicyclic) bond motifs is 1. The fourth-order valence-corrected chi connectivity index (χ4v) is 5.66. The topological polar surface area (TPSA) is 99.6 Å². The number of nitrogens with zero attached hydrogens (tertiary/aromatic N) is 4. The Kier molecular flexibility index (Phi) is 6.18. The van der Waals surface area contributed by atoms with E-state index >= 15 is 0 Å². The molecule has 1 aromatic carbocycles. The van der Waals surface area contributed by atoms with Crippen LogP contribution in [0.1, 0.15) is 29.2 Å². The molecule has 2 N–H and O–H groups in total. The minimum absolute atomic E-state index is 0.0942. The van der Waals surface area contributed by atoms with Crippen molar-refractivity contribution in [2.75, 3.05) is 56.3 Å². The molecule has 2 fully saturated rings. The monoisotopic (exact) mass is 496 g/mol. The number of hydrogen-bond donors (Lipinski definition) is 2. The van der Waals surface area contributed by atoms with Crippen LogP contribution in [0.2, 0.25) is 0 Å². The smallest absolute Gasteiger partial charge is 0.253 e. The molecule has 2 aromatic heterocycles. The molecule has 0 radical (unpaired) electrons. The van der Waals surface area contributed by atoms with E-state index in [1.54, 1.807) is 19.2 Å². The Morgan fingerprint density at radius 3 is 2.23 bits per heavy atom. The number of nitrogens with one attached hydrogen (secondary N) is 2. The Labute approximate surface area is 206 Å². The first-order valence-electron chi connectivity index (χ1n) is 12.0. The molecule has 1 aliphatic carbocycles. The molecule has 2 aliphatic rings. The van der Waals surface area contributed by atoms with Gasteiger partial charge in [-0.2, -0.15) is 0 Å². The Morgan fingerprint density at radius 2 is 1.63 bits per heavy atom. The lowest BCUT2D eigenvalue weighted by molar-refractivity contribution is 0.0964. The largest absolute Gasteiger partial charge is 0.368 e. The molecule has 35 heavy (non-hydrogen) atoms. The van der Waals surface area contributed by atoms with Crippen LogP contribution in [0.5, 0.6) is 0 Å². The molecule has 1 amide bonds. The predicted molar refractivity (Wildman–Crippen MR) is 138 cm³/mol. The molecular weight excluding hydrogens is 464 g/mol. The molecule has 9 nitrogen and oxygen atoms in total. The highest BCUT2D eigenvalue weighted by molar-refractivity contribution is 7.90. The Morgan fingerprint density at radius 1 is 0.971 bits per heavy atom. The first-order chi connectivity index (χ1) is 16.8. The van der Waals surface area contributed by atoms with Crippen LogP contribution >= 0.6 is 0 Å². The maximum Gasteiger partial charge on any atom is 0.253 e. The van der Waals surface area contributed by atoms with Crippen molar-refractivity contribution < 1.29 is 13.2 Å². The van der Waals surface area contributed by atoms with Gasteiger partial charge in [0.2, 0.25) is 0 Å². The van der Waals surface area contributed by atoms with Gasteiger partial charge in [-0.05, 0) is 56.3 Å². The lowest BCUT2D eigenvalue weighted by Crippen LogP contribution is -2.46. The molecule has 186 valence electrons. The van der Waals surface area contributed by atoms with Gasteiger partial charge in [-0.15, -0.1) is 0 Å². The number of amides is 1. The van der Waals surface area contributed by atoms with Crippen LogP contribution < -0.4 is 20.4 Å². The zero-order valence-corrected chi connectivity index (χ0v) is 21.2. The summed E-state index contributed by atoms with van der Waals surface area (Å²) in [5, 5.41) is 6.96. The third-order valence-corrected chi connectivity index (χ3v) is 8.41. The predicted octanol–water partition coefficient (Wildman–Crippen LogP) is 2.05. The molecule has 3 heterocycles. The summed E-state index contributed by atoms with van der Waals surface area (Å²) in [5.41, 5.74) is 2.55. The van der Waals surface area contributed by atoms with E-state index in [1.165, 1.54) is 6.26 Å². The van der Waals surface area contributed by atoms with Crippen molar-refractivity contribution in [3.63, 3.8) is 0 Å². The lowest BCUT2D eigenvalue weighted by atomic mass is 9.87.